The molecule has 2 aromatic rings. The van der Waals surface area contributed by atoms with Crippen molar-refractivity contribution in [3.63, 3.8) is 0 Å². The standard InChI is InChI=1S/C14H15N3OS/c1-9(7-15)8-17(2)14(18)13-12(16)10-5-3-4-6-11(10)19-13/h3-6,9H,8,16H2,1-2H3. The highest BCUT2D eigenvalue weighted by molar-refractivity contribution is 7.21. The van der Waals surface area contributed by atoms with Crippen LogP contribution in [0.25, 0.3) is 10.1 Å². The van der Waals surface area contributed by atoms with E-state index in [-0.39, 0.29) is 11.8 Å². The molecule has 0 saturated carbocycles. The van der Waals surface area contributed by atoms with Crippen molar-refractivity contribution in [2.45, 2.75) is 6.92 Å². The fourth-order valence-electron chi connectivity index (χ4n) is 1.93. The second-order valence-corrected chi connectivity index (χ2v) is 5.61. The van der Waals surface area contributed by atoms with Crippen LogP contribution in [0.15, 0.2) is 24.3 Å². The Kier molecular flexibility index (Phi) is 3.72. The van der Waals surface area contributed by atoms with E-state index in [0.717, 1.165) is 10.1 Å². The van der Waals surface area contributed by atoms with Gasteiger partial charge in [-0.15, -0.1) is 11.3 Å². The average molecular weight is 273 g/mol. The summed E-state index contributed by atoms with van der Waals surface area (Å²) in [5.74, 6) is -0.314. The van der Waals surface area contributed by atoms with E-state index in [4.69, 9.17) is 11.0 Å². The van der Waals surface area contributed by atoms with Gasteiger partial charge in [0.05, 0.1) is 17.7 Å². The van der Waals surface area contributed by atoms with Gasteiger partial charge >= 0.3 is 0 Å². The second kappa shape index (κ2) is 5.29. The van der Waals surface area contributed by atoms with E-state index in [0.29, 0.717) is 17.1 Å². The van der Waals surface area contributed by atoms with Gasteiger partial charge in [-0.2, -0.15) is 5.26 Å². The summed E-state index contributed by atoms with van der Waals surface area (Å²) in [5.41, 5.74) is 6.57. The Morgan fingerprint density at radius 3 is 2.84 bits per heavy atom. The molecule has 0 saturated heterocycles. The Bertz CT molecular complexity index is 656. The van der Waals surface area contributed by atoms with Crippen LogP contribution in [-0.2, 0) is 0 Å². The number of anilines is 1. The van der Waals surface area contributed by atoms with E-state index in [2.05, 4.69) is 6.07 Å². The van der Waals surface area contributed by atoms with Crippen LogP contribution >= 0.6 is 11.3 Å². The van der Waals surface area contributed by atoms with Crippen LogP contribution in [0, 0.1) is 17.2 Å². The second-order valence-electron chi connectivity index (χ2n) is 4.56. The lowest BCUT2D eigenvalue weighted by Crippen LogP contribution is -2.30. The molecule has 1 aromatic carbocycles. The van der Waals surface area contributed by atoms with Gasteiger partial charge in [0.1, 0.15) is 4.88 Å². The molecule has 98 valence electrons. The molecule has 0 aliphatic carbocycles. The summed E-state index contributed by atoms with van der Waals surface area (Å²) < 4.78 is 1.00. The fourth-order valence-corrected chi connectivity index (χ4v) is 3.05. The van der Waals surface area contributed by atoms with Crippen LogP contribution in [0.4, 0.5) is 5.69 Å². The van der Waals surface area contributed by atoms with Crippen LogP contribution < -0.4 is 5.73 Å². The van der Waals surface area contributed by atoms with Gasteiger partial charge in [0.2, 0.25) is 0 Å². The fraction of sp³-hybridized carbons (Fsp3) is 0.286. The molecule has 19 heavy (non-hydrogen) atoms. The molecule has 0 fully saturated rings. The number of carbonyl (C=O) groups is 1. The molecule has 1 atom stereocenters. The number of nitrogen functional groups attached to an aromatic ring is 1. The highest BCUT2D eigenvalue weighted by Crippen LogP contribution is 2.34. The summed E-state index contributed by atoms with van der Waals surface area (Å²) in [7, 11) is 1.69. The Balaban J connectivity index is 2.32. The van der Waals surface area contributed by atoms with Crippen molar-refractivity contribution in [2.24, 2.45) is 5.92 Å². The SMILES string of the molecule is CC(C#N)CN(C)C(=O)c1sc2ccccc2c1N. The molecule has 5 heteroatoms. The maximum atomic E-state index is 12.3. The highest BCUT2D eigenvalue weighted by Gasteiger charge is 2.20. The number of nitriles is 1. The number of amides is 1. The van der Waals surface area contributed by atoms with E-state index in [1.54, 1.807) is 18.9 Å². The molecule has 2 N–H and O–H groups in total. The molecule has 0 bridgehead atoms. The lowest BCUT2D eigenvalue weighted by Gasteiger charge is -2.17. The third kappa shape index (κ3) is 2.54. The summed E-state index contributed by atoms with van der Waals surface area (Å²) in [6, 6.07) is 9.81. The minimum Gasteiger partial charge on any atom is -0.397 e. The van der Waals surface area contributed by atoms with Crippen molar-refractivity contribution in [1.29, 1.82) is 5.26 Å². The van der Waals surface area contributed by atoms with Crippen molar-refractivity contribution in [2.75, 3.05) is 19.3 Å². The monoisotopic (exact) mass is 273 g/mol. The zero-order chi connectivity index (χ0) is 14.0. The molecule has 1 unspecified atom stereocenters. The number of nitrogens with zero attached hydrogens (tertiary/aromatic N) is 2. The van der Waals surface area contributed by atoms with Crippen LogP contribution in [0.3, 0.4) is 0 Å². The first-order chi connectivity index (χ1) is 9.04. The molecule has 0 aliphatic heterocycles. The summed E-state index contributed by atoms with van der Waals surface area (Å²) in [4.78, 5) is 14.4. The predicted molar refractivity (Wildman–Crippen MR) is 78.0 cm³/mol. The molecular weight excluding hydrogens is 258 g/mol. The van der Waals surface area contributed by atoms with Crippen LogP contribution in [0.5, 0.6) is 0 Å². The first kappa shape index (κ1) is 13.4. The minimum atomic E-state index is -0.190. The lowest BCUT2D eigenvalue weighted by atomic mass is 10.2. The zero-order valence-electron chi connectivity index (χ0n) is 10.9. The van der Waals surface area contributed by atoms with Gasteiger partial charge in [-0.3, -0.25) is 4.79 Å². The number of rotatable bonds is 3. The van der Waals surface area contributed by atoms with Crippen LogP contribution in [-0.4, -0.2) is 24.4 Å². The first-order valence-corrected chi connectivity index (χ1v) is 6.78. The summed E-state index contributed by atoms with van der Waals surface area (Å²) in [6.45, 7) is 2.20. The smallest absolute Gasteiger partial charge is 0.265 e. The molecule has 0 spiro atoms. The maximum Gasteiger partial charge on any atom is 0.265 e. The quantitative estimate of drug-likeness (QED) is 0.934. The van der Waals surface area contributed by atoms with Crippen LogP contribution in [0.1, 0.15) is 16.6 Å². The average Bonchev–Trinajstić information content (AvgIpc) is 2.75. The number of carbonyl (C=O) groups excluding carboxylic acids is 1. The number of benzene rings is 1. The van der Waals surface area contributed by atoms with Gasteiger partial charge in [0.25, 0.3) is 5.91 Å². The van der Waals surface area contributed by atoms with Crippen molar-refractivity contribution < 1.29 is 4.79 Å². The summed E-state index contributed by atoms with van der Waals surface area (Å²) in [5, 5.41) is 9.71. The first-order valence-electron chi connectivity index (χ1n) is 5.96. The highest BCUT2D eigenvalue weighted by atomic mass is 32.1. The maximum absolute atomic E-state index is 12.3. The number of nitrogens with two attached hydrogens (primary N) is 1. The third-order valence-corrected chi connectivity index (χ3v) is 4.12. The number of fused-ring (bicyclic) bond motifs is 1. The van der Waals surface area contributed by atoms with Gasteiger partial charge in [0, 0.05) is 23.7 Å². The zero-order valence-corrected chi connectivity index (χ0v) is 11.7. The van der Waals surface area contributed by atoms with Crippen LogP contribution in [0.2, 0.25) is 0 Å². The Labute approximate surface area is 116 Å². The van der Waals surface area contributed by atoms with Gasteiger partial charge < -0.3 is 10.6 Å². The minimum absolute atomic E-state index is 0.124. The Morgan fingerprint density at radius 2 is 2.21 bits per heavy atom. The van der Waals surface area contributed by atoms with Crippen molar-refractivity contribution in [1.82, 2.24) is 4.90 Å². The van der Waals surface area contributed by atoms with E-state index in [1.165, 1.54) is 11.3 Å². The summed E-state index contributed by atoms with van der Waals surface area (Å²) in [6.07, 6.45) is 0. The van der Waals surface area contributed by atoms with Gasteiger partial charge in [-0.1, -0.05) is 18.2 Å². The predicted octanol–water partition coefficient (Wildman–Crippen LogP) is 2.72. The Morgan fingerprint density at radius 1 is 1.53 bits per heavy atom. The van der Waals surface area contributed by atoms with E-state index in [1.807, 2.05) is 24.3 Å². The normalized spacial score (nSPS) is 12.1. The molecule has 1 amide bonds. The van der Waals surface area contributed by atoms with Gasteiger partial charge in [-0.05, 0) is 13.0 Å². The molecule has 1 aromatic heterocycles. The molecule has 1 heterocycles. The molecule has 2 rings (SSSR count). The van der Waals surface area contributed by atoms with E-state index in [9.17, 15) is 4.79 Å². The van der Waals surface area contributed by atoms with Gasteiger partial charge in [-0.25, -0.2) is 0 Å². The molecule has 0 aliphatic rings. The van der Waals surface area contributed by atoms with Gasteiger partial charge in [0.15, 0.2) is 0 Å². The third-order valence-electron chi connectivity index (χ3n) is 2.94. The molecule has 4 nitrogen and oxygen atoms in total. The van der Waals surface area contributed by atoms with E-state index >= 15 is 0 Å². The molecular formula is C14H15N3OS. The largest absolute Gasteiger partial charge is 0.397 e. The summed E-state index contributed by atoms with van der Waals surface area (Å²) >= 11 is 1.40. The topological polar surface area (TPSA) is 70.1 Å². The number of thiophene rings is 1. The van der Waals surface area contributed by atoms with E-state index < -0.39 is 0 Å². The van der Waals surface area contributed by atoms with Crippen molar-refractivity contribution in [3.05, 3.63) is 29.1 Å². The molecule has 0 radical (unpaired) electrons. The lowest BCUT2D eigenvalue weighted by molar-refractivity contribution is 0.0791. The number of hydrogen-bond donors (Lipinski definition) is 1. The number of hydrogen-bond acceptors (Lipinski definition) is 4. The van der Waals surface area contributed by atoms with Crippen molar-refractivity contribution >= 4 is 33.0 Å². The van der Waals surface area contributed by atoms with Crippen molar-refractivity contribution in [3.8, 4) is 6.07 Å². The Hall–Kier alpha value is -2.06.